The van der Waals surface area contributed by atoms with Crippen molar-refractivity contribution in [1.82, 2.24) is 0 Å². The van der Waals surface area contributed by atoms with Crippen LogP contribution in [0.1, 0.15) is 30.6 Å². The zero-order valence-corrected chi connectivity index (χ0v) is 11.8. The SMILES string of the molecule is CC[C@H](O)c1ccc(Oc2cc(Cl)ccc2C)cc1. The molecule has 0 saturated heterocycles. The van der Waals surface area contributed by atoms with Gasteiger partial charge in [0.25, 0.3) is 0 Å². The molecule has 0 aliphatic carbocycles. The second-order valence-corrected chi connectivity index (χ2v) is 4.94. The molecule has 0 aliphatic heterocycles. The predicted octanol–water partition coefficient (Wildman–Crippen LogP) is 4.88. The van der Waals surface area contributed by atoms with E-state index in [1.807, 2.05) is 50.2 Å². The molecule has 0 aromatic heterocycles. The molecule has 3 heteroatoms. The molecule has 0 unspecified atom stereocenters. The van der Waals surface area contributed by atoms with Gasteiger partial charge in [-0.3, -0.25) is 0 Å². The van der Waals surface area contributed by atoms with Crippen LogP contribution in [0.15, 0.2) is 42.5 Å². The third-order valence-corrected chi connectivity index (χ3v) is 3.26. The lowest BCUT2D eigenvalue weighted by Gasteiger charge is -2.11. The largest absolute Gasteiger partial charge is 0.457 e. The van der Waals surface area contributed by atoms with Gasteiger partial charge in [0.1, 0.15) is 11.5 Å². The molecule has 0 heterocycles. The lowest BCUT2D eigenvalue weighted by atomic mass is 10.1. The first-order chi connectivity index (χ1) is 9.10. The fourth-order valence-corrected chi connectivity index (χ4v) is 1.97. The topological polar surface area (TPSA) is 29.5 Å². The highest BCUT2D eigenvalue weighted by Crippen LogP contribution is 2.29. The van der Waals surface area contributed by atoms with Gasteiger partial charge in [-0.05, 0) is 48.7 Å². The van der Waals surface area contributed by atoms with Gasteiger partial charge in [0.15, 0.2) is 0 Å². The Morgan fingerprint density at radius 2 is 1.84 bits per heavy atom. The summed E-state index contributed by atoms with van der Waals surface area (Å²) in [5, 5.41) is 10.4. The Morgan fingerprint density at radius 1 is 1.16 bits per heavy atom. The van der Waals surface area contributed by atoms with Crippen LogP contribution in [-0.2, 0) is 0 Å². The maximum atomic E-state index is 9.73. The van der Waals surface area contributed by atoms with Gasteiger partial charge in [0, 0.05) is 5.02 Å². The Balaban J connectivity index is 2.17. The van der Waals surface area contributed by atoms with Crippen LogP contribution in [-0.4, -0.2) is 5.11 Å². The molecule has 1 atom stereocenters. The van der Waals surface area contributed by atoms with E-state index in [0.29, 0.717) is 11.4 Å². The number of hydrogen-bond acceptors (Lipinski definition) is 2. The van der Waals surface area contributed by atoms with E-state index in [-0.39, 0.29) is 0 Å². The van der Waals surface area contributed by atoms with Gasteiger partial charge in [-0.15, -0.1) is 0 Å². The van der Waals surface area contributed by atoms with E-state index in [2.05, 4.69) is 0 Å². The van der Waals surface area contributed by atoms with Crippen molar-refractivity contribution in [2.45, 2.75) is 26.4 Å². The van der Waals surface area contributed by atoms with Crippen LogP contribution >= 0.6 is 11.6 Å². The molecule has 0 radical (unpaired) electrons. The number of ether oxygens (including phenoxy) is 1. The molecule has 1 N–H and O–H groups in total. The van der Waals surface area contributed by atoms with E-state index in [0.717, 1.165) is 22.6 Å². The van der Waals surface area contributed by atoms with Crippen LogP contribution in [0.2, 0.25) is 5.02 Å². The summed E-state index contributed by atoms with van der Waals surface area (Å²) in [6.07, 6.45) is 0.287. The van der Waals surface area contributed by atoms with E-state index in [1.54, 1.807) is 6.07 Å². The van der Waals surface area contributed by atoms with E-state index < -0.39 is 6.10 Å². The van der Waals surface area contributed by atoms with E-state index in [4.69, 9.17) is 16.3 Å². The summed E-state index contributed by atoms with van der Waals surface area (Å²) in [7, 11) is 0. The van der Waals surface area contributed by atoms with Crippen molar-refractivity contribution < 1.29 is 9.84 Å². The number of halogens is 1. The van der Waals surface area contributed by atoms with Gasteiger partial charge in [-0.2, -0.15) is 0 Å². The molecular weight excluding hydrogens is 260 g/mol. The molecule has 2 aromatic carbocycles. The number of aliphatic hydroxyl groups excluding tert-OH is 1. The first-order valence-electron chi connectivity index (χ1n) is 6.32. The Bertz CT molecular complexity index is 549. The molecule has 0 saturated carbocycles. The number of rotatable bonds is 4. The highest BCUT2D eigenvalue weighted by molar-refractivity contribution is 6.30. The summed E-state index contributed by atoms with van der Waals surface area (Å²) in [6.45, 7) is 3.92. The van der Waals surface area contributed by atoms with Crippen LogP contribution in [0.5, 0.6) is 11.5 Å². The quantitative estimate of drug-likeness (QED) is 0.862. The Morgan fingerprint density at radius 3 is 2.47 bits per heavy atom. The molecule has 0 amide bonds. The summed E-state index contributed by atoms with van der Waals surface area (Å²) in [5.41, 5.74) is 1.93. The van der Waals surface area contributed by atoms with Gasteiger partial charge in [-0.25, -0.2) is 0 Å². The smallest absolute Gasteiger partial charge is 0.131 e. The minimum atomic E-state index is -0.415. The molecule has 0 bridgehead atoms. The van der Waals surface area contributed by atoms with E-state index in [1.165, 1.54) is 0 Å². The number of hydrogen-bond donors (Lipinski definition) is 1. The summed E-state index contributed by atoms with van der Waals surface area (Å²) in [6, 6.07) is 13.0. The van der Waals surface area contributed by atoms with Gasteiger partial charge < -0.3 is 9.84 Å². The molecule has 100 valence electrons. The molecule has 2 aromatic rings. The summed E-state index contributed by atoms with van der Waals surface area (Å²) in [4.78, 5) is 0. The first-order valence-corrected chi connectivity index (χ1v) is 6.70. The lowest BCUT2D eigenvalue weighted by molar-refractivity contribution is 0.173. The molecule has 19 heavy (non-hydrogen) atoms. The summed E-state index contributed by atoms with van der Waals surface area (Å²) >= 11 is 5.96. The lowest BCUT2D eigenvalue weighted by Crippen LogP contribution is -1.95. The van der Waals surface area contributed by atoms with Gasteiger partial charge in [0.05, 0.1) is 6.10 Å². The molecule has 0 aliphatic rings. The summed E-state index contributed by atoms with van der Waals surface area (Å²) < 4.78 is 5.79. The number of aliphatic hydroxyl groups is 1. The number of benzene rings is 2. The maximum Gasteiger partial charge on any atom is 0.131 e. The van der Waals surface area contributed by atoms with Crippen molar-refractivity contribution in [2.75, 3.05) is 0 Å². The van der Waals surface area contributed by atoms with Gasteiger partial charge in [-0.1, -0.05) is 36.7 Å². The van der Waals surface area contributed by atoms with Crippen LogP contribution in [0.4, 0.5) is 0 Å². The fraction of sp³-hybridized carbons (Fsp3) is 0.250. The number of aryl methyl sites for hydroxylation is 1. The molecule has 0 spiro atoms. The molecule has 2 rings (SSSR count). The Kier molecular flexibility index (Phi) is 4.46. The van der Waals surface area contributed by atoms with E-state index in [9.17, 15) is 5.11 Å². The van der Waals surface area contributed by atoms with Crippen molar-refractivity contribution in [2.24, 2.45) is 0 Å². The second-order valence-electron chi connectivity index (χ2n) is 4.50. The third kappa shape index (κ3) is 3.49. The minimum absolute atomic E-state index is 0.415. The van der Waals surface area contributed by atoms with Gasteiger partial charge >= 0.3 is 0 Å². The van der Waals surface area contributed by atoms with Crippen molar-refractivity contribution in [3.63, 3.8) is 0 Å². The highest BCUT2D eigenvalue weighted by Gasteiger charge is 2.06. The first kappa shape index (κ1) is 13.9. The van der Waals surface area contributed by atoms with Crippen molar-refractivity contribution in [3.05, 3.63) is 58.6 Å². The molecular formula is C16H17ClO2. The second kappa shape index (κ2) is 6.09. The van der Waals surface area contributed by atoms with Crippen molar-refractivity contribution in [1.29, 1.82) is 0 Å². The third-order valence-electron chi connectivity index (χ3n) is 3.03. The average Bonchev–Trinajstić information content (AvgIpc) is 2.43. The standard InChI is InChI=1S/C16H17ClO2/c1-3-15(18)12-5-8-14(9-6-12)19-16-10-13(17)7-4-11(16)2/h4-10,15,18H,3H2,1-2H3/t15-/m0/s1. The molecule has 2 nitrogen and oxygen atoms in total. The normalized spacial score (nSPS) is 12.2. The zero-order valence-electron chi connectivity index (χ0n) is 11.1. The average molecular weight is 277 g/mol. The highest BCUT2D eigenvalue weighted by atomic mass is 35.5. The predicted molar refractivity (Wildman–Crippen MR) is 78.0 cm³/mol. The minimum Gasteiger partial charge on any atom is -0.457 e. The molecule has 0 fully saturated rings. The zero-order chi connectivity index (χ0) is 13.8. The van der Waals surface area contributed by atoms with Crippen LogP contribution in [0, 0.1) is 6.92 Å². The van der Waals surface area contributed by atoms with Crippen molar-refractivity contribution >= 4 is 11.6 Å². The monoisotopic (exact) mass is 276 g/mol. The van der Waals surface area contributed by atoms with Gasteiger partial charge in [0.2, 0.25) is 0 Å². The summed E-state index contributed by atoms with van der Waals surface area (Å²) in [5.74, 6) is 1.48. The van der Waals surface area contributed by atoms with Crippen LogP contribution in [0.3, 0.4) is 0 Å². The Labute approximate surface area is 118 Å². The van der Waals surface area contributed by atoms with Crippen molar-refractivity contribution in [3.8, 4) is 11.5 Å². The maximum absolute atomic E-state index is 9.73. The van der Waals surface area contributed by atoms with Crippen LogP contribution < -0.4 is 4.74 Å². The fourth-order valence-electron chi connectivity index (χ4n) is 1.80. The van der Waals surface area contributed by atoms with E-state index >= 15 is 0 Å². The Hall–Kier alpha value is -1.51. The van der Waals surface area contributed by atoms with Crippen LogP contribution in [0.25, 0.3) is 0 Å².